The van der Waals surface area contributed by atoms with Crippen LogP contribution in [0.3, 0.4) is 0 Å². The lowest BCUT2D eigenvalue weighted by atomic mass is 10.0. The lowest BCUT2D eigenvalue weighted by Gasteiger charge is -2.12. The molecule has 1 heterocycles. The molecule has 3 rings (SSSR count). The van der Waals surface area contributed by atoms with Crippen molar-refractivity contribution in [1.82, 2.24) is 5.32 Å². The van der Waals surface area contributed by atoms with Gasteiger partial charge in [-0.3, -0.25) is 15.0 Å². The Morgan fingerprint density at radius 2 is 1.74 bits per heavy atom. The predicted molar refractivity (Wildman–Crippen MR) is 101 cm³/mol. The van der Waals surface area contributed by atoms with Crippen LogP contribution in [0, 0.1) is 11.3 Å². The van der Waals surface area contributed by atoms with Crippen molar-refractivity contribution >= 4 is 17.7 Å². The highest BCUT2D eigenvalue weighted by Gasteiger charge is 2.33. The second-order valence-electron chi connectivity index (χ2n) is 6.56. The van der Waals surface area contributed by atoms with Gasteiger partial charge in [-0.05, 0) is 29.7 Å². The molecule has 7 heteroatoms. The number of amidine groups is 1. The van der Waals surface area contributed by atoms with Crippen LogP contribution in [0.1, 0.15) is 18.4 Å². The number of carboxylic acid groups (broad SMARTS) is 1. The summed E-state index contributed by atoms with van der Waals surface area (Å²) in [4.78, 5) is 22.5. The Bertz CT molecular complexity index is 847. The van der Waals surface area contributed by atoms with Gasteiger partial charge in [0, 0.05) is 5.56 Å². The van der Waals surface area contributed by atoms with Gasteiger partial charge in [0.15, 0.2) is 0 Å². The van der Waals surface area contributed by atoms with Crippen LogP contribution in [-0.2, 0) is 9.59 Å². The van der Waals surface area contributed by atoms with Gasteiger partial charge in [-0.2, -0.15) is 0 Å². The summed E-state index contributed by atoms with van der Waals surface area (Å²) < 4.78 is 5.73. The van der Waals surface area contributed by atoms with Crippen molar-refractivity contribution in [3.8, 4) is 16.9 Å². The van der Waals surface area contributed by atoms with E-state index in [1.54, 1.807) is 12.1 Å². The molecule has 0 saturated carbocycles. The number of rotatable bonds is 7. The number of carbonyl (C=O) groups is 2. The number of nitrogens with two attached hydrogens (primary N) is 1. The zero-order chi connectivity index (χ0) is 19.4. The van der Waals surface area contributed by atoms with Crippen molar-refractivity contribution in [3.63, 3.8) is 0 Å². The van der Waals surface area contributed by atoms with E-state index in [2.05, 4.69) is 5.32 Å². The lowest BCUT2D eigenvalue weighted by molar-refractivity contribution is -0.140. The summed E-state index contributed by atoms with van der Waals surface area (Å²) in [5, 5.41) is 19.0. The third kappa shape index (κ3) is 4.63. The minimum atomic E-state index is -0.969. The normalized spacial score (nSPS) is 18.7. The van der Waals surface area contributed by atoms with Gasteiger partial charge in [0.2, 0.25) is 5.91 Å². The average Bonchev–Trinajstić information content (AvgIpc) is 2.99. The SMILES string of the molecule is N=C(N)c1ccc(-c2ccc(OCC3C[C@@H](CC(=O)O)C(=O)N3)cc2)cc1. The molecule has 140 valence electrons. The molecular weight excluding hydrogens is 346 g/mol. The molecule has 1 aliphatic heterocycles. The Labute approximate surface area is 156 Å². The van der Waals surface area contributed by atoms with Crippen molar-refractivity contribution in [2.45, 2.75) is 18.9 Å². The Kier molecular flexibility index (Phi) is 5.40. The van der Waals surface area contributed by atoms with Crippen LogP contribution in [0.25, 0.3) is 11.1 Å². The van der Waals surface area contributed by atoms with Crippen molar-refractivity contribution in [2.75, 3.05) is 6.61 Å². The second kappa shape index (κ2) is 7.90. The van der Waals surface area contributed by atoms with E-state index in [-0.39, 0.29) is 24.2 Å². The molecule has 1 saturated heterocycles. The van der Waals surface area contributed by atoms with E-state index in [0.29, 0.717) is 24.3 Å². The largest absolute Gasteiger partial charge is 0.491 e. The number of carbonyl (C=O) groups excluding carboxylic acids is 1. The first-order chi connectivity index (χ1) is 12.9. The fraction of sp³-hybridized carbons (Fsp3) is 0.250. The molecule has 5 N–H and O–H groups in total. The number of nitrogen functional groups attached to an aromatic ring is 1. The number of hydrogen-bond donors (Lipinski definition) is 4. The smallest absolute Gasteiger partial charge is 0.304 e. The maximum atomic E-state index is 11.7. The van der Waals surface area contributed by atoms with Gasteiger partial charge in [-0.15, -0.1) is 0 Å². The zero-order valence-corrected chi connectivity index (χ0v) is 14.6. The molecule has 1 unspecified atom stereocenters. The summed E-state index contributed by atoms with van der Waals surface area (Å²) in [5.41, 5.74) is 8.15. The Balaban J connectivity index is 1.56. The number of aliphatic carboxylic acids is 1. The lowest BCUT2D eigenvalue weighted by Crippen LogP contribution is -2.31. The third-order valence-corrected chi connectivity index (χ3v) is 4.54. The Morgan fingerprint density at radius 3 is 2.30 bits per heavy atom. The van der Waals surface area contributed by atoms with E-state index in [1.807, 2.05) is 36.4 Å². The maximum absolute atomic E-state index is 11.7. The van der Waals surface area contributed by atoms with Crippen LogP contribution in [0.15, 0.2) is 48.5 Å². The first-order valence-electron chi connectivity index (χ1n) is 8.62. The van der Waals surface area contributed by atoms with Gasteiger partial charge in [-0.1, -0.05) is 36.4 Å². The predicted octanol–water partition coefficient (Wildman–Crippen LogP) is 2.00. The topological polar surface area (TPSA) is 126 Å². The van der Waals surface area contributed by atoms with Gasteiger partial charge >= 0.3 is 5.97 Å². The minimum Gasteiger partial charge on any atom is -0.491 e. The van der Waals surface area contributed by atoms with Crippen LogP contribution in [0.2, 0.25) is 0 Å². The van der Waals surface area contributed by atoms with Crippen LogP contribution in [0.4, 0.5) is 0 Å². The molecule has 0 bridgehead atoms. The summed E-state index contributed by atoms with van der Waals surface area (Å²) in [6.45, 7) is 0.300. The fourth-order valence-corrected chi connectivity index (χ4v) is 3.11. The molecular formula is C20H21N3O4. The van der Waals surface area contributed by atoms with Gasteiger partial charge in [0.25, 0.3) is 0 Å². The van der Waals surface area contributed by atoms with Crippen LogP contribution in [0.5, 0.6) is 5.75 Å². The zero-order valence-electron chi connectivity index (χ0n) is 14.6. The molecule has 1 fully saturated rings. The number of ether oxygens (including phenoxy) is 1. The number of benzene rings is 2. The third-order valence-electron chi connectivity index (χ3n) is 4.54. The maximum Gasteiger partial charge on any atom is 0.304 e. The molecule has 0 aromatic heterocycles. The Morgan fingerprint density at radius 1 is 1.15 bits per heavy atom. The molecule has 2 aromatic rings. The quantitative estimate of drug-likeness (QED) is 0.440. The highest BCUT2D eigenvalue weighted by Crippen LogP contribution is 2.24. The first-order valence-corrected chi connectivity index (χ1v) is 8.62. The molecule has 0 spiro atoms. The molecule has 1 aliphatic rings. The summed E-state index contributed by atoms with van der Waals surface area (Å²) in [5.74, 6) is -0.972. The molecule has 0 aliphatic carbocycles. The number of amides is 1. The average molecular weight is 367 g/mol. The van der Waals surface area contributed by atoms with Crippen molar-refractivity contribution in [2.24, 2.45) is 11.7 Å². The highest BCUT2D eigenvalue weighted by molar-refractivity contribution is 5.95. The van der Waals surface area contributed by atoms with Gasteiger partial charge in [0.05, 0.1) is 18.4 Å². The Hall–Kier alpha value is -3.35. The second-order valence-corrected chi connectivity index (χ2v) is 6.56. The van der Waals surface area contributed by atoms with Crippen LogP contribution < -0.4 is 15.8 Å². The van der Waals surface area contributed by atoms with E-state index >= 15 is 0 Å². The van der Waals surface area contributed by atoms with E-state index in [1.165, 1.54) is 0 Å². The van der Waals surface area contributed by atoms with Crippen molar-refractivity contribution < 1.29 is 19.4 Å². The van der Waals surface area contributed by atoms with Crippen molar-refractivity contribution in [1.29, 1.82) is 5.41 Å². The van der Waals surface area contributed by atoms with Gasteiger partial charge < -0.3 is 20.9 Å². The summed E-state index contributed by atoms with van der Waals surface area (Å²) >= 11 is 0. The van der Waals surface area contributed by atoms with E-state index in [9.17, 15) is 9.59 Å². The highest BCUT2D eigenvalue weighted by atomic mass is 16.5. The molecule has 2 aromatic carbocycles. The van der Waals surface area contributed by atoms with Gasteiger partial charge in [0.1, 0.15) is 18.2 Å². The van der Waals surface area contributed by atoms with E-state index in [4.69, 9.17) is 21.0 Å². The van der Waals surface area contributed by atoms with Gasteiger partial charge in [-0.25, -0.2) is 0 Å². The van der Waals surface area contributed by atoms with Crippen molar-refractivity contribution in [3.05, 3.63) is 54.1 Å². The van der Waals surface area contributed by atoms with E-state index < -0.39 is 11.9 Å². The van der Waals surface area contributed by atoms with Crippen LogP contribution in [-0.4, -0.2) is 35.5 Å². The first kappa shape index (κ1) is 18.4. The standard InChI is InChI=1S/C20H21N3O4/c21-19(22)14-3-1-12(2-4-14)13-5-7-17(8-6-13)27-11-16-9-15(10-18(24)25)20(26)23-16/h1-8,15-16H,9-11H2,(H3,21,22)(H,23,26)(H,24,25)/t15-,16?/m0/s1. The minimum absolute atomic E-state index is 0.0369. The summed E-state index contributed by atoms with van der Waals surface area (Å²) in [6, 6.07) is 14.8. The van der Waals surface area contributed by atoms with Crippen LogP contribution >= 0.6 is 0 Å². The molecule has 2 atom stereocenters. The summed E-state index contributed by atoms with van der Waals surface area (Å²) in [6.07, 6.45) is 0.311. The fourth-order valence-electron chi connectivity index (χ4n) is 3.11. The number of hydrogen-bond acceptors (Lipinski definition) is 4. The molecule has 0 radical (unpaired) electrons. The molecule has 27 heavy (non-hydrogen) atoms. The molecule has 7 nitrogen and oxygen atoms in total. The number of carboxylic acids is 1. The monoisotopic (exact) mass is 367 g/mol. The van der Waals surface area contributed by atoms with E-state index in [0.717, 1.165) is 11.1 Å². The summed E-state index contributed by atoms with van der Waals surface area (Å²) in [7, 11) is 0. The molecule has 1 amide bonds. The number of nitrogens with one attached hydrogen (secondary N) is 2.